The molecule has 1 aliphatic rings. The Balaban J connectivity index is 2.31. The molecule has 1 rings (SSSR count). The zero-order valence-electron chi connectivity index (χ0n) is 3.63. The molecule has 0 radical (unpaired) electrons. The van der Waals surface area contributed by atoms with E-state index in [1.54, 1.807) is 0 Å². The molecule has 3 unspecified atom stereocenters. The summed E-state index contributed by atoms with van der Waals surface area (Å²) in [7, 11) is 0. The lowest BCUT2D eigenvalue weighted by molar-refractivity contribution is 0.00817. The number of rotatable bonds is 0. The third-order valence-corrected chi connectivity index (χ3v) is 1.13. The SMILES string of the molecule is CC1C(N)N1O. The summed E-state index contributed by atoms with van der Waals surface area (Å²) < 4.78 is 0. The van der Waals surface area contributed by atoms with Gasteiger partial charge in [0, 0.05) is 0 Å². The fraction of sp³-hybridized carbons (Fsp3) is 1.00. The topological polar surface area (TPSA) is 49.3 Å². The molecule has 36 valence electrons. The van der Waals surface area contributed by atoms with E-state index in [0.29, 0.717) is 0 Å². The summed E-state index contributed by atoms with van der Waals surface area (Å²) in [6.07, 6.45) is -0.0926. The molecule has 3 heteroatoms. The van der Waals surface area contributed by atoms with Crippen molar-refractivity contribution in [3.05, 3.63) is 0 Å². The van der Waals surface area contributed by atoms with Crippen LogP contribution in [0.1, 0.15) is 6.92 Å². The maximum atomic E-state index is 8.41. The second-order valence-electron chi connectivity index (χ2n) is 1.61. The number of hydroxylamine groups is 2. The van der Waals surface area contributed by atoms with Gasteiger partial charge in [0.05, 0.1) is 12.2 Å². The highest BCUT2D eigenvalue weighted by molar-refractivity contribution is 4.86. The van der Waals surface area contributed by atoms with Crippen molar-refractivity contribution < 1.29 is 5.21 Å². The summed E-state index contributed by atoms with van der Waals surface area (Å²) in [5.74, 6) is 0. The molecular weight excluding hydrogens is 80.0 g/mol. The van der Waals surface area contributed by atoms with Crippen LogP contribution in [0.2, 0.25) is 0 Å². The van der Waals surface area contributed by atoms with Crippen molar-refractivity contribution in [1.29, 1.82) is 0 Å². The molecule has 1 heterocycles. The van der Waals surface area contributed by atoms with E-state index < -0.39 is 0 Å². The lowest BCUT2D eigenvalue weighted by Gasteiger charge is -1.76. The largest absolute Gasteiger partial charge is 0.313 e. The lowest BCUT2D eigenvalue weighted by Crippen LogP contribution is -2.06. The maximum absolute atomic E-state index is 8.41. The number of hydrogen-bond acceptors (Lipinski definition) is 3. The molecule has 0 saturated carbocycles. The van der Waals surface area contributed by atoms with Crippen molar-refractivity contribution in [1.82, 2.24) is 5.06 Å². The molecule has 0 aromatic carbocycles. The zero-order valence-corrected chi connectivity index (χ0v) is 3.63. The average Bonchev–Trinajstić information content (AvgIpc) is 1.94. The van der Waals surface area contributed by atoms with Gasteiger partial charge in [-0.3, -0.25) is 0 Å². The molecule has 0 aliphatic carbocycles. The fourth-order valence-electron chi connectivity index (χ4n) is 0.357. The van der Waals surface area contributed by atoms with Crippen molar-refractivity contribution in [2.45, 2.75) is 19.1 Å². The van der Waals surface area contributed by atoms with E-state index in [0.717, 1.165) is 5.06 Å². The van der Waals surface area contributed by atoms with Crippen molar-refractivity contribution in [2.24, 2.45) is 5.73 Å². The highest BCUT2D eigenvalue weighted by Gasteiger charge is 2.39. The number of hydrogen-bond donors (Lipinski definition) is 2. The van der Waals surface area contributed by atoms with Gasteiger partial charge in [0.1, 0.15) is 0 Å². The summed E-state index contributed by atoms with van der Waals surface area (Å²) >= 11 is 0. The van der Waals surface area contributed by atoms with E-state index in [9.17, 15) is 0 Å². The molecule has 0 bridgehead atoms. The van der Waals surface area contributed by atoms with Gasteiger partial charge < -0.3 is 10.9 Å². The summed E-state index contributed by atoms with van der Waals surface area (Å²) in [6, 6.07) is 0.185. The molecule has 3 N–H and O–H groups in total. The third-order valence-electron chi connectivity index (χ3n) is 1.13. The summed E-state index contributed by atoms with van der Waals surface area (Å²) in [4.78, 5) is 0. The van der Waals surface area contributed by atoms with Crippen LogP contribution in [-0.2, 0) is 0 Å². The highest BCUT2D eigenvalue weighted by atomic mass is 16.5. The van der Waals surface area contributed by atoms with E-state index in [4.69, 9.17) is 10.9 Å². The van der Waals surface area contributed by atoms with Gasteiger partial charge in [0.15, 0.2) is 0 Å². The van der Waals surface area contributed by atoms with Crippen molar-refractivity contribution in [3.63, 3.8) is 0 Å². The van der Waals surface area contributed by atoms with Crippen LogP contribution in [0.4, 0.5) is 0 Å². The summed E-state index contributed by atoms with van der Waals surface area (Å²) in [5, 5.41) is 9.52. The number of nitrogens with two attached hydrogens (primary N) is 1. The van der Waals surface area contributed by atoms with Crippen LogP contribution in [0.15, 0.2) is 0 Å². The van der Waals surface area contributed by atoms with Gasteiger partial charge in [0.2, 0.25) is 0 Å². The van der Waals surface area contributed by atoms with Crippen molar-refractivity contribution >= 4 is 0 Å². The number of nitrogens with zero attached hydrogens (tertiary/aromatic N) is 1. The van der Waals surface area contributed by atoms with Crippen LogP contribution >= 0.6 is 0 Å². The lowest BCUT2D eigenvalue weighted by atomic mass is 10.5. The van der Waals surface area contributed by atoms with Crippen LogP contribution in [0, 0.1) is 0 Å². The van der Waals surface area contributed by atoms with Gasteiger partial charge >= 0.3 is 0 Å². The normalized spacial score (nSPS) is 55.5. The van der Waals surface area contributed by atoms with Gasteiger partial charge in [-0.25, -0.2) is 0 Å². The van der Waals surface area contributed by atoms with Crippen LogP contribution in [0.3, 0.4) is 0 Å². The molecule has 1 aliphatic heterocycles. The van der Waals surface area contributed by atoms with E-state index in [1.807, 2.05) is 6.92 Å². The molecule has 0 aromatic heterocycles. The minimum absolute atomic E-state index is 0.0926. The Labute approximate surface area is 36.3 Å². The van der Waals surface area contributed by atoms with Crippen LogP contribution in [0.5, 0.6) is 0 Å². The van der Waals surface area contributed by atoms with Crippen LogP contribution < -0.4 is 5.73 Å². The Hall–Kier alpha value is -0.120. The quantitative estimate of drug-likeness (QED) is 0.387. The first-order valence-electron chi connectivity index (χ1n) is 1.96. The van der Waals surface area contributed by atoms with E-state index in [-0.39, 0.29) is 12.2 Å². The van der Waals surface area contributed by atoms with Gasteiger partial charge in [-0.1, -0.05) is 0 Å². The molecule has 1 fully saturated rings. The van der Waals surface area contributed by atoms with Crippen LogP contribution in [-0.4, -0.2) is 22.5 Å². The smallest absolute Gasteiger partial charge is 0.0998 e. The van der Waals surface area contributed by atoms with Gasteiger partial charge in [-0.05, 0) is 6.92 Å². The minimum Gasteiger partial charge on any atom is -0.313 e. The average molecular weight is 88.1 g/mol. The molecule has 6 heavy (non-hydrogen) atoms. The van der Waals surface area contributed by atoms with E-state index >= 15 is 0 Å². The van der Waals surface area contributed by atoms with E-state index in [1.165, 1.54) is 0 Å². The zero-order chi connectivity index (χ0) is 4.73. The van der Waals surface area contributed by atoms with Gasteiger partial charge in [0.25, 0.3) is 0 Å². The Morgan fingerprint density at radius 3 is 2.00 bits per heavy atom. The monoisotopic (exact) mass is 88.1 g/mol. The minimum atomic E-state index is -0.0926. The molecular formula is C3H8N2O. The first kappa shape index (κ1) is 4.05. The standard InChI is InChI=1S/C3H8N2O/c1-2-3(4)5(2)6/h2-3,6H,4H2,1H3. The first-order chi connectivity index (χ1) is 2.73. The Morgan fingerprint density at radius 2 is 2.00 bits per heavy atom. The summed E-state index contributed by atoms with van der Waals surface area (Å²) in [5.41, 5.74) is 5.19. The highest BCUT2D eigenvalue weighted by Crippen LogP contribution is 2.17. The predicted molar refractivity (Wildman–Crippen MR) is 21.1 cm³/mol. The predicted octanol–water partition coefficient (Wildman–Crippen LogP) is -0.636. The van der Waals surface area contributed by atoms with Crippen molar-refractivity contribution in [3.8, 4) is 0 Å². The van der Waals surface area contributed by atoms with E-state index in [2.05, 4.69) is 0 Å². The first-order valence-corrected chi connectivity index (χ1v) is 1.96. The molecule has 0 aromatic rings. The Kier molecular flexibility index (Phi) is 0.629. The molecule has 3 nitrogen and oxygen atoms in total. The molecule has 0 amide bonds. The van der Waals surface area contributed by atoms with Gasteiger partial charge in [-0.15, -0.1) is 0 Å². The second-order valence-corrected chi connectivity index (χ2v) is 1.61. The van der Waals surface area contributed by atoms with Crippen LogP contribution in [0.25, 0.3) is 0 Å². The summed E-state index contributed by atoms with van der Waals surface area (Å²) in [6.45, 7) is 1.87. The molecule has 0 spiro atoms. The van der Waals surface area contributed by atoms with Gasteiger partial charge in [-0.2, -0.15) is 5.06 Å². The van der Waals surface area contributed by atoms with Crippen molar-refractivity contribution in [2.75, 3.05) is 0 Å². The Morgan fingerprint density at radius 1 is 1.83 bits per heavy atom. The molecule has 3 atom stereocenters. The fourth-order valence-corrected chi connectivity index (χ4v) is 0.357. The Bertz CT molecular complexity index is 45.5. The molecule has 1 saturated heterocycles. The third kappa shape index (κ3) is 0.330. The maximum Gasteiger partial charge on any atom is 0.0998 e. The second kappa shape index (κ2) is 0.932.